The van der Waals surface area contributed by atoms with Crippen molar-refractivity contribution in [3.05, 3.63) is 59.7 Å². The van der Waals surface area contributed by atoms with Crippen LogP contribution in [0.15, 0.2) is 52.9 Å². The second-order valence-corrected chi connectivity index (χ2v) is 9.32. The highest BCUT2D eigenvalue weighted by atomic mass is 32.2. The van der Waals surface area contributed by atoms with Crippen LogP contribution in [0.3, 0.4) is 0 Å². The van der Waals surface area contributed by atoms with Crippen molar-refractivity contribution in [1.82, 2.24) is 10.2 Å². The zero-order valence-corrected chi connectivity index (χ0v) is 18.8. The summed E-state index contributed by atoms with van der Waals surface area (Å²) in [6, 6.07) is 15.0. The first kappa shape index (κ1) is 21.3. The number of methoxy groups -OCH3 is 1. The molecule has 0 saturated heterocycles. The third-order valence-electron chi connectivity index (χ3n) is 4.78. The monoisotopic (exact) mass is 454 g/mol. The summed E-state index contributed by atoms with van der Waals surface area (Å²) in [5, 5.41) is 11.9. The van der Waals surface area contributed by atoms with Crippen LogP contribution in [0, 0.1) is 0 Å². The molecule has 1 fully saturated rings. The van der Waals surface area contributed by atoms with Crippen LogP contribution in [0.25, 0.3) is 0 Å². The summed E-state index contributed by atoms with van der Waals surface area (Å²) >= 11 is 3.01. The van der Waals surface area contributed by atoms with E-state index in [4.69, 9.17) is 4.74 Å². The van der Waals surface area contributed by atoms with Gasteiger partial charge in [-0.1, -0.05) is 35.2 Å². The molecule has 0 spiro atoms. The number of ether oxygens (including phenoxy) is 1. The Bertz CT molecular complexity index is 1060. The maximum absolute atomic E-state index is 12.4. The van der Waals surface area contributed by atoms with Crippen LogP contribution in [0.5, 0.6) is 5.75 Å². The average molecular weight is 455 g/mol. The summed E-state index contributed by atoms with van der Waals surface area (Å²) in [4.78, 5) is 26.1. The number of amides is 2. The number of carbonyl (C=O) groups excluding carboxylic acids is 2. The maximum atomic E-state index is 12.4. The highest BCUT2D eigenvalue weighted by Crippen LogP contribution is 2.36. The predicted molar refractivity (Wildman–Crippen MR) is 123 cm³/mol. The van der Waals surface area contributed by atoms with E-state index >= 15 is 0 Å². The maximum Gasteiger partial charge on any atom is 0.255 e. The van der Waals surface area contributed by atoms with Crippen LogP contribution in [0.2, 0.25) is 0 Å². The summed E-state index contributed by atoms with van der Waals surface area (Å²) in [5.74, 6) is 1.29. The van der Waals surface area contributed by atoms with Gasteiger partial charge in [0, 0.05) is 30.0 Å². The van der Waals surface area contributed by atoms with Crippen molar-refractivity contribution in [2.24, 2.45) is 0 Å². The van der Waals surface area contributed by atoms with E-state index in [0.717, 1.165) is 28.5 Å². The highest BCUT2D eigenvalue weighted by Gasteiger charge is 2.34. The normalized spacial score (nSPS) is 13.0. The third-order valence-corrected chi connectivity index (χ3v) is 6.91. The first-order valence-corrected chi connectivity index (χ1v) is 11.6. The fourth-order valence-corrected chi connectivity index (χ4v) is 4.93. The summed E-state index contributed by atoms with van der Waals surface area (Å²) in [6.07, 6.45) is 2.06. The first-order valence-electron chi connectivity index (χ1n) is 9.84. The number of nitrogens with zero attached hydrogens (tertiary/aromatic N) is 3. The largest absolute Gasteiger partial charge is 0.497 e. The molecule has 2 amide bonds. The molecule has 1 heterocycles. The number of thioether (sulfide) groups is 1. The number of nitrogens with one attached hydrogen (secondary N) is 1. The molecule has 0 radical (unpaired) electrons. The van der Waals surface area contributed by atoms with Crippen LogP contribution in [-0.2, 0) is 10.5 Å². The molecule has 1 aromatic heterocycles. The Morgan fingerprint density at radius 1 is 1.13 bits per heavy atom. The van der Waals surface area contributed by atoms with E-state index in [1.165, 1.54) is 11.3 Å². The standard InChI is InChI=1S/C22H22N4O3S2/c1-14(27)26(18-9-10-18)21-24-25-22(31-21)30-13-15-3-5-16(6-4-15)20(28)23-17-7-11-19(29-2)12-8-17/h3-8,11-12,18H,9-10,13H2,1-2H3,(H,23,28). The third kappa shape index (κ3) is 5.42. The molecule has 2 aromatic carbocycles. The van der Waals surface area contributed by atoms with Gasteiger partial charge in [0.15, 0.2) is 4.34 Å². The van der Waals surface area contributed by atoms with E-state index in [1.54, 1.807) is 55.0 Å². The Kier molecular flexibility index (Phi) is 6.53. The van der Waals surface area contributed by atoms with Gasteiger partial charge < -0.3 is 10.1 Å². The van der Waals surface area contributed by atoms with Crippen LogP contribution in [-0.4, -0.2) is 35.2 Å². The fourth-order valence-electron chi connectivity index (χ4n) is 3.01. The molecular formula is C22H22N4O3S2. The van der Waals surface area contributed by atoms with E-state index in [1.807, 2.05) is 24.3 Å². The molecular weight excluding hydrogens is 432 g/mol. The zero-order chi connectivity index (χ0) is 21.8. The van der Waals surface area contributed by atoms with E-state index in [-0.39, 0.29) is 17.9 Å². The molecule has 0 bridgehead atoms. The van der Waals surface area contributed by atoms with Gasteiger partial charge in [0.25, 0.3) is 5.91 Å². The fraction of sp³-hybridized carbons (Fsp3) is 0.273. The van der Waals surface area contributed by atoms with Crippen molar-refractivity contribution in [1.29, 1.82) is 0 Å². The predicted octanol–water partition coefficient (Wildman–Crippen LogP) is 4.61. The lowest BCUT2D eigenvalue weighted by atomic mass is 10.1. The lowest BCUT2D eigenvalue weighted by Gasteiger charge is -2.15. The number of hydrogen-bond donors (Lipinski definition) is 1. The highest BCUT2D eigenvalue weighted by molar-refractivity contribution is 8.00. The summed E-state index contributed by atoms with van der Waals surface area (Å²) in [7, 11) is 1.60. The van der Waals surface area contributed by atoms with Crippen LogP contribution in [0.1, 0.15) is 35.7 Å². The molecule has 3 aromatic rings. The van der Waals surface area contributed by atoms with Crippen molar-refractivity contribution in [3.63, 3.8) is 0 Å². The lowest BCUT2D eigenvalue weighted by molar-refractivity contribution is -0.116. The zero-order valence-electron chi connectivity index (χ0n) is 17.2. The van der Waals surface area contributed by atoms with Crippen molar-refractivity contribution in [2.45, 2.75) is 35.9 Å². The Morgan fingerprint density at radius 3 is 2.45 bits per heavy atom. The molecule has 0 atom stereocenters. The van der Waals surface area contributed by atoms with Crippen molar-refractivity contribution in [2.75, 3.05) is 17.3 Å². The molecule has 1 N–H and O–H groups in total. The molecule has 4 rings (SSSR count). The van der Waals surface area contributed by atoms with Crippen molar-refractivity contribution >= 4 is 45.7 Å². The number of rotatable bonds is 8. The van der Waals surface area contributed by atoms with E-state index in [0.29, 0.717) is 22.1 Å². The van der Waals surface area contributed by atoms with Crippen molar-refractivity contribution < 1.29 is 14.3 Å². The number of anilines is 2. The van der Waals surface area contributed by atoms with Gasteiger partial charge in [-0.05, 0) is 54.8 Å². The topological polar surface area (TPSA) is 84.4 Å². The average Bonchev–Trinajstić information content (AvgIpc) is 3.50. The Hall–Kier alpha value is -2.91. The molecule has 1 aliphatic carbocycles. The van der Waals surface area contributed by atoms with Crippen molar-refractivity contribution in [3.8, 4) is 5.75 Å². The number of benzene rings is 2. The number of aromatic nitrogens is 2. The van der Waals surface area contributed by atoms with Crippen LogP contribution >= 0.6 is 23.1 Å². The SMILES string of the molecule is COc1ccc(NC(=O)c2ccc(CSc3nnc(N(C(C)=O)C4CC4)s3)cc2)cc1. The molecule has 0 aliphatic heterocycles. The van der Waals surface area contributed by atoms with Gasteiger partial charge in [-0.3, -0.25) is 14.5 Å². The van der Waals surface area contributed by atoms with Gasteiger partial charge in [-0.2, -0.15) is 0 Å². The minimum Gasteiger partial charge on any atom is -0.497 e. The second kappa shape index (κ2) is 9.49. The van der Waals surface area contributed by atoms with Gasteiger partial charge in [0.1, 0.15) is 5.75 Å². The number of hydrogen-bond acceptors (Lipinski definition) is 7. The van der Waals surface area contributed by atoms with E-state index in [9.17, 15) is 9.59 Å². The molecule has 31 heavy (non-hydrogen) atoms. The molecule has 9 heteroatoms. The Labute approximate surface area is 188 Å². The van der Waals surface area contributed by atoms with Gasteiger partial charge in [0.05, 0.1) is 7.11 Å². The Balaban J connectivity index is 1.32. The molecule has 0 unspecified atom stereocenters. The quantitative estimate of drug-likeness (QED) is 0.395. The summed E-state index contributed by atoms with van der Waals surface area (Å²) < 4.78 is 5.95. The summed E-state index contributed by atoms with van der Waals surface area (Å²) in [5.41, 5.74) is 2.38. The molecule has 1 saturated carbocycles. The smallest absolute Gasteiger partial charge is 0.255 e. The van der Waals surface area contributed by atoms with E-state index in [2.05, 4.69) is 15.5 Å². The minimum absolute atomic E-state index is 0.0127. The van der Waals surface area contributed by atoms with E-state index < -0.39 is 0 Å². The van der Waals surface area contributed by atoms with Crippen LogP contribution in [0.4, 0.5) is 10.8 Å². The van der Waals surface area contributed by atoms with Crippen LogP contribution < -0.4 is 15.0 Å². The minimum atomic E-state index is -0.164. The number of carbonyl (C=O) groups is 2. The van der Waals surface area contributed by atoms with Gasteiger partial charge in [-0.25, -0.2) is 0 Å². The second-order valence-electron chi connectivity index (χ2n) is 7.14. The van der Waals surface area contributed by atoms with Gasteiger partial charge in [0.2, 0.25) is 11.0 Å². The first-order chi connectivity index (χ1) is 15.0. The Morgan fingerprint density at radius 2 is 1.84 bits per heavy atom. The summed E-state index contributed by atoms with van der Waals surface area (Å²) in [6.45, 7) is 1.57. The molecule has 1 aliphatic rings. The molecule has 7 nitrogen and oxygen atoms in total. The lowest BCUT2D eigenvalue weighted by Crippen LogP contribution is -2.30. The van der Waals surface area contributed by atoms with Gasteiger partial charge >= 0.3 is 0 Å². The van der Waals surface area contributed by atoms with Gasteiger partial charge in [-0.15, -0.1) is 10.2 Å². The molecule has 160 valence electrons.